The average molecular weight is 187 g/mol. The highest BCUT2D eigenvalue weighted by Crippen LogP contribution is 1.97. The van der Waals surface area contributed by atoms with Crippen LogP contribution in [0.25, 0.3) is 0 Å². The van der Waals surface area contributed by atoms with Crippen LogP contribution in [0.3, 0.4) is 0 Å². The van der Waals surface area contributed by atoms with Gasteiger partial charge in [-0.1, -0.05) is 6.08 Å². The van der Waals surface area contributed by atoms with Gasteiger partial charge in [-0.25, -0.2) is 13.5 Å². The molecule has 12 heavy (non-hydrogen) atoms. The molecule has 1 aromatic rings. The van der Waals surface area contributed by atoms with Gasteiger partial charge in [-0.05, 0) is 0 Å². The van der Waals surface area contributed by atoms with Gasteiger partial charge >= 0.3 is 0 Å². The predicted molar refractivity (Wildman–Crippen MR) is 42.8 cm³/mol. The average Bonchev–Trinajstić information content (AvgIpc) is 2.38. The summed E-state index contributed by atoms with van der Waals surface area (Å²) in [6.07, 6.45) is 3.47. The van der Waals surface area contributed by atoms with Crippen molar-refractivity contribution in [1.82, 2.24) is 15.2 Å². The van der Waals surface area contributed by atoms with E-state index in [0.29, 0.717) is 0 Å². The molecule has 0 amide bonds. The minimum absolute atomic E-state index is 0.0526. The maximum absolute atomic E-state index is 11.0. The maximum atomic E-state index is 11.0. The summed E-state index contributed by atoms with van der Waals surface area (Å²) in [7, 11) is -3.38. The molecule has 0 aromatic carbocycles. The quantitative estimate of drug-likeness (QED) is 0.624. The van der Waals surface area contributed by atoms with Crippen LogP contribution in [0, 0.1) is 6.33 Å². The van der Waals surface area contributed by atoms with Crippen LogP contribution in [0.5, 0.6) is 0 Å². The summed E-state index contributed by atoms with van der Waals surface area (Å²) >= 11 is 0. The van der Waals surface area contributed by atoms with Gasteiger partial charge in [0.1, 0.15) is 0 Å². The highest BCUT2D eigenvalue weighted by Gasteiger charge is 2.08. The van der Waals surface area contributed by atoms with Gasteiger partial charge in [0.25, 0.3) is 0 Å². The first kappa shape index (κ1) is 8.72. The Kier molecular flexibility index (Phi) is 2.44. The maximum Gasteiger partial charge on any atom is 0.238 e. The summed E-state index contributed by atoms with van der Waals surface area (Å²) in [4.78, 5) is 3.47. The number of H-pyrrole nitrogens is 1. The summed E-state index contributed by atoms with van der Waals surface area (Å²) < 4.78 is 24.2. The summed E-state index contributed by atoms with van der Waals surface area (Å²) in [5.74, 6) is -0.106. The number of rotatable bonds is 4. The van der Waals surface area contributed by atoms with E-state index in [4.69, 9.17) is 0 Å². The highest BCUT2D eigenvalue weighted by molar-refractivity contribution is 7.92. The summed E-state index contributed by atoms with van der Waals surface area (Å²) in [5.41, 5.74) is 0. The SMILES string of the molecule is C=CCS(=O)(=O)Nc1n[c]n[nH]1. The highest BCUT2D eigenvalue weighted by atomic mass is 32.2. The van der Waals surface area contributed by atoms with E-state index in [-0.39, 0.29) is 11.7 Å². The molecule has 0 saturated heterocycles. The van der Waals surface area contributed by atoms with Crippen molar-refractivity contribution < 1.29 is 8.42 Å². The number of nitrogens with one attached hydrogen (secondary N) is 2. The summed E-state index contributed by atoms with van der Waals surface area (Å²) in [6.45, 7) is 3.30. The number of anilines is 1. The van der Waals surface area contributed by atoms with Crippen molar-refractivity contribution >= 4 is 16.0 Å². The molecule has 1 heterocycles. The molecule has 0 aliphatic rings. The Morgan fingerprint density at radius 1 is 1.75 bits per heavy atom. The van der Waals surface area contributed by atoms with Crippen LogP contribution in [0.15, 0.2) is 12.7 Å². The van der Waals surface area contributed by atoms with Crippen LogP contribution >= 0.6 is 0 Å². The van der Waals surface area contributed by atoms with Crippen LogP contribution in [-0.4, -0.2) is 29.4 Å². The van der Waals surface area contributed by atoms with Crippen LogP contribution in [-0.2, 0) is 10.0 Å². The molecule has 1 radical (unpaired) electrons. The first-order chi connectivity index (χ1) is 5.64. The standard InChI is InChI=1S/C5H7N4O2S/c1-2-3-12(10,11)9-5-6-4-7-8-5/h2H,1,3H2,(H2,6,7,8,9). The van der Waals surface area contributed by atoms with Crippen molar-refractivity contribution in [3.63, 3.8) is 0 Å². The van der Waals surface area contributed by atoms with E-state index in [1.807, 2.05) is 0 Å². The lowest BCUT2D eigenvalue weighted by Gasteiger charge is -1.99. The number of nitrogens with zero attached hydrogens (tertiary/aromatic N) is 2. The monoisotopic (exact) mass is 187 g/mol. The lowest BCUT2D eigenvalue weighted by Crippen LogP contribution is -2.16. The fraction of sp³-hybridized carbons (Fsp3) is 0.200. The zero-order chi connectivity index (χ0) is 9.03. The van der Waals surface area contributed by atoms with Gasteiger partial charge in [-0.2, -0.15) is 4.98 Å². The minimum atomic E-state index is -3.38. The molecule has 0 bridgehead atoms. The molecule has 0 aliphatic heterocycles. The topological polar surface area (TPSA) is 87.7 Å². The Labute approximate surface area is 69.8 Å². The summed E-state index contributed by atoms with van der Waals surface area (Å²) in [5, 5.41) is 5.66. The zero-order valence-electron chi connectivity index (χ0n) is 6.11. The van der Waals surface area contributed by atoms with E-state index in [9.17, 15) is 8.42 Å². The van der Waals surface area contributed by atoms with Crippen LogP contribution in [0.2, 0.25) is 0 Å². The van der Waals surface area contributed by atoms with Gasteiger partial charge in [0, 0.05) is 0 Å². The third-order valence-corrected chi connectivity index (χ3v) is 2.14. The first-order valence-corrected chi connectivity index (χ1v) is 4.69. The molecule has 0 saturated carbocycles. The Hall–Kier alpha value is -1.37. The molecular weight excluding hydrogens is 180 g/mol. The van der Waals surface area contributed by atoms with Gasteiger partial charge in [-0.15, -0.1) is 11.7 Å². The minimum Gasteiger partial charge on any atom is -0.251 e. The number of hydrogen-bond donors (Lipinski definition) is 2. The number of aromatic amines is 1. The molecule has 2 N–H and O–H groups in total. The molecule has 65 valence electrons. The Morgan fingerprint density at radius 3 is 3.00 bits per heavy atom. The molecular formula is C5H7N4O2S. The van der Waals surface area contributed by atoms with E-state index in [0.717, 1.165) is 0 Å². The van der Waals surface area contributed by atoms with Crippen LogP contribution in [0.1, 0.15) is 0 Å². The number of aromatic nitrogens is 3. The Balaban J connectivity index is 2.69. The van der Waals surface area contributed by atoms with Crippen molar-refractivity contribution in [3.05, 3.63) is 19.0 Å². The lowest BCUT2D eigenvalue weighted by atomic mass is 10.8. The molecule has 0 aliphatic carbocycles. The summed E-state index contributed by atoms with van der Waals surface area (Å²) in [6, 6.07) is 0. The fourth-order valence-corrected chi connectivity index (χ4v) is 1.35. The van der Waals surface area contributed by atoms with E-state index in [1.165, 1.54) is 6.08 Å². The van der Waals surface area contributed by atoms with Gasteiger partial charge < -0.3 is 0 Å². The third kappa shape index (κ3) is 2.35. The predicted octanol–water partition coefficient (Wildman–Crippen LogP) is -0.467. The van der Waals surface area contributed by atoms with Crippen LogP contribution in [0.4, 0.5) is 5.95 Å². The first-order valence-electron chi connectivity index (χ1n) is 3.04. The normalized spacial score (nSPS) is 11.0. The van der Waals surface area contributed by atoms with Crippen molar-refractivity contribution in [3.8, 4) is 0 Å². The van der Waals surface area contributed by atoms with Crippen molar-refractivity contribution in [2.45, 2.75) is 0 Å². The molecule has 0 unspecified atom stereocenters. The number of hydrogen-bond acceptors (Lipinski definition) is 4. The zero-order valence-corrected chi connectivity index (χ0v) is 6.93. The second-order valence-electron chi connectivity index (χ2n) is 1.96. The molecule has 0 fully saturated rings. The lowest BCUT2D eigenvalue weighted by molar-refractivity contribution is 0.603. The van der Waals surface area contributed by atoms with Gasteiger partial charge in [-0.3, -0.25) is 4.72 Å². The second-order valence-corrected chi connectivity index (χ2v) is 3.72. The second kappa shape index (κ2) is 3.35. The fourth-order valence-electron chi connectivity index (χ4n) is 0.568. The Bertz CT molecular complexity index is 342. The van der Waals surface area contributed by atoms with Crippen molar-refractivity contribution in [2.75, 3.05) is 10.5 Å². The van der Waals surface area contributed by atoms with Gasteiger partial charge in [0.05, 0.1) is 5.75 Å². The molecule has 0 atom stereocenters. The van der Waals surface area contributed by atoms with Crippen LogP contribution < -0.4 is 4.72 Å². The molecule has 1 rings (SSSR count). The van der Waals surface area contributed by atoms with E-state index in [1.54, 1.807) is 0 Å². The largest absolute Gasteiger partial charge is 0.251 e. The molecule has 1 aromatic heterocycles. The van der Waals surface area contributed by atoms with Gasteiger partial charge in [0.2, 0.25) is 22.3 Å². The van der Waals surface area contributed by atoms with E-state index in [2.05, 4.69) is 32.8 Å². The van der Waals surface area contributed by atoms with E-state index >= 15 is 0 Å². The third-order valence-electron chi connectivity index (χ3n) is 0.963. The molecule has 7 heteroatoms. The Morgan fingerprint density at radius 2 is 2.50 bits per heavy atom. The van der Waals surface area contributed by atoms with E-state index < -0.39 is 10.0 Å². The molecule has 0 spiro atoms. The van der Waals surface area contributed by atoms with Gasteiger partial charge in [0.15, 0.2) is 0 Å². The van der Waals surface area contributed by atoms with Crippen molar-refractivity contribution in [1.29, 1.82) is 0 Å². The number of sulfonamides is 1. The molecule has 6 nitrogen and oxygen atoms in total. The smallest absolute Gasteiger partial charge is 0.238 e. The van der Waals surface area contributed by atoms with Crippen molar-refractivity contribution in [2.24, 2.45) is 0 Å².